The second kappa shape index (κ2) is 8.41. The van der Waals surface area contributed by atoms with Gasteiger partial charge >= 0.3 is 5.97 Å². The third-order valence-electron chi connectivity index (χ3n) is 2.73. The summed E-state index contributed by atoms with van der Waals surface area (Å²) in [5.74, 6) is -1.99. The number of rotatable bonds is 7. The molecule has 0 aliphatic carbocycles. The van der Waals surface area contributed by atoms with Crippen molar-refractivity contribution in [2.45, 2.75) is 25.8 Å². The van der Waals surface area contributed by atoms with Gasteiger partial charge in [0, 0.05) is 10.0 Å². The number of hydrogen-bond donors (Lipinski definition) is 3. The maximum atomic E-state index is 11.8. The van der Waals surface area contributed by atoms with Crippen molar-refractivity contribution in [1.29, 1.82) is 0 Å². The number of nitrogens with one attached hydrogen (secondary N) is 2. The minimum absolute atomic E-state index is 0.262. The first kappa shape index (κ1) is 17.2. The van der Waals surface area contributed by atoms with E-state index in [1.165, 1.54) is 0 Å². The molecule has 3 N–H and O–H groups in total. The van der Waals surface area contributed by atoms with E-state index in [0.29, 0.717) is 18.4 Å². The molecule has 2 amide bonds. The highest BCUT2D eigenvalue weighted by Crippen LogP contribution is 2.10. The second-order valence-electron chi connectivity index (χ2n) is 4.44. The summed E-state index contributed by atoms with van der Waals surface area (Å²) in [5.41, 5.74) is 0.425. The van der Waals surface area contributed by atoms with Crippen molar-refractivity contribution in [3.8, 4) is 0 Å². The number of halogens is 1. The lowest BCUT2D eigenvalue weighted by molar-refractivity contribution is -0.141. The fourth-order valence-corrected chi connectivity index (χ4v) is 1.92. The van der Waals surface area contributed by atoms with Gasteiger partial charge < -0.3 is 15.7 Å². The molecule has 0 aliphatic rings. The highest BCUT2D eigenvalue weighted by Gasteiger charge is 2.18. The number of hydrogen-bond acceptors (Lipinski definition) is 3. The number of carboxylic acid groups (broad SMARTS) is 1. The zero-order valence-electron chi connectivity index (χ0n) is 11.6. The molecule has 0 aromatic heterocycles. The topological polar surface area (TPSA) is 95.5 Å². The van der Waals surface area contributed by atoms with Crippen molar-refractivity contribution >= 4 is 33.7 Å². The number of benzene rings is 1. The van der Waals surface area contributed by atoms with E-state index in [-0.39, 0.29) is 12.5 Å². The van der Waals surface area contributed by atoms with E-state index in [0.717, 1.165) is 4.47 Å². The first-order valence-electron chi connectivity index (χ1n) is 6.50. The number of carbonyl (C=O) groups excluding carboxylic acids is 2. The number of amides is 2. The van der Waals surface area contributed by atoms with Crippen LogP contribution in [0.1, 0.15) is 30.1 Å². The van der Waals surface area contributed by atoms with E-state index < -0.39 is 17.9 Å². The Labute approximate surface area is 131 Å². The van der Waals surface area contributed by atoms with Gasteiger partial charge in [0.2, 0.25) is 5.91 Å². The average molecular weight is 357 g/mol. The van der Waals surface area contributed by atoms with E-state index in [2.05, 4.69) is 26.6 Å². The summed E-state index contributed by atoms with van der Waals surface area (Å²) in [6.45, 7) is 1.57. The van der Waals surface area contributed by atoms with E-state index in [9.17, 15) is 14.4 Å². The van der Waals surface area contributed by atoms with Gasteiger partial charge in [-0.05, 0) is 30.7 Å². The zero-order valence-corrected chi connectivity index (χ0v) is 13.1. The summed E-state index contributed by atoms with van der Waals surface area (Å²) in [6, 6.07) is 5.75. The van der Waals surface area contributed by atoms with Crippen LogP contribution < -0.4 is 10.6 Å². The molecule has 0 saturated carbocycles. The molecule has 21 heavy (non-hydrogen) atoms. The lowest BCUT2D eigenvalue weighted by Gasteiger charge is -2.13. The molecule has 1 atom stereocenters. The van der Waals surface area contributed by atoms with E-state index in [4.69, 9.17) is 5.11 Å². The van der Waals surface area contributed by atoms with Gasteiger partial charge in [-0.2, -0.15) is 0 Å². The Morgan fingerprint density at radius 3 is 2.38 bits per heavy atom. The molecule has 6 nitrogen and oxygen atoms in total. The van der Waals surface area contributed by atoms with Crippen LogP contribution in [0.3, 0.4) is 0 Å². The molecule has 0 saturated heterocycles. The summed E-state index contributed by atoms with van der Waals surface area (Å²) >= 11 is 3.26. The maximum absolute atomic E-state index is 11.8. The Bertz CT molecular complexity index is 516. The van der Waals surface area contributed by atoms with Crippen molar-refractivity contribution in [3.05, 3.63) is 34.3 Å². The van der Waals surface area contributed by atoms with Gasteiger partial charge in [0.1, 0.15) is 6.04 Å². The van der Waals surface area contributed by atoms with Crippen LogP contribution in [0.15, 0.2) is 28.7 Å². The van der Waals surface area contributed by atoms with E-state index in [1.807, 2.05) is 6.92 Å². The molecular weight excluding hydrogens is 340 g/mol. The fourth-order valence-electron chi connectivity index (χ4n) is 1.66. The van der Waals surface area contributed by atoms with E-state index >= 15 is 0 Å². The Morgan fingerprint density at radius 1 is 1.24 bits per heavy atom. The molecule has 0 bridgehead atoms. The van der Waals surface area contributed by atoms with Crippen LogP contribution in [0, 0.1) is 0 Å². The van der Waals surface area contributed by atoms with Crippen LogP contribution in [0.25, 0.3) is 0 Å². The molecule has 1 aromatic carbocycles. The smallest absolute Gasteiger partial charge is 0.326 e. The van der Waals surface area contributed by atoms with Crippen LogP contribution in [0.5, 0.6) is 0 Å². The van der Waals surface area contributed by atoms with Gasteiger partial charge in [-0.15, -0.1) is 0 Å². The number of aliphatic carboxylic acids is 1. The van der Waals surface area contributed by atoms with Gasteiger partial charge in [0.05, 0.1) is 6.54 Å². The van der Waals surface area contributed by atoms with Crippen LogP contribution in [-0.4, -0.2) is 35.5 Å². The van der Waals surface area contributed by atoms with Crippen molar-refractivity contribution < 1.29 is 19.5 Å². The van der Waals surface area contributed by atoms with Gasteiger partial charge in [0.25, 0.3) is 5.91 Å². The standard InChI is InChI=1S/C14H17BrN2O4/c1-2-3-11(14(20)21)17-12(18)8-16-13(19)9-4-6-10(15)7-5-9/h4-7,11H,2-3,8H2,1H3,(H,16,19)(H,17,18)(H,20,21). The first-order chi connectivity index (χ1) is 9.93. The van der Waals surface area contributed by atoms with Crippen molar-refractivity contribution in [1.82, 2.24) is 10.6 Å². The van der Waals surface area contributed by atoms with E-state index in [1.54, 1.807) is 24.3 Å². The van der Waals surface area contributed by atoms with Crippen LogP contribution in [0.4, 0.5) is 0 Å². The Morgan fingerprint density at radius 2 is 1.86 bits per heavy atom. The van der Waals surface area contributed by atoms with Gasteiger partial charge in [-0.25, -0.2) is 4.79 Å². The quantitative estimate of drug-likeness (QED) is 0.690. The summed E-state index contributed by atoms with van der Waals surface area (Å²) in [4.78, 5) is 34.3. The lowest BCUT2D eigenvalue weighted by Crippen LogP contribution is -2.45. The fraction of sp³-hybridized carbons (Fsp3) is 0.357. The molecule has 7 heteroatoms. The number of carbonyl (C=O) groups is 3. The van der Waals surface area contributed by atoms with Crippen LogP contribution >= 0.6 is 15.9 Å². The third-order valence-corrected chi connectivity index (χ3v) is 3.26. The predicted molar refractivity (Wildman–Crippen MR) is 80.9 cm³/mol. The Balaban J connectivity index is 2.46. The van der Waals surface area contributed by atoms with Gasteiger partial charge in [0.15, 0.2) is 0 Å². The minimum atomic E-state index is -1.08. The second-order valence-corrected chi connectivity index (χ2v) is 5.35. The maximum Gasteiger partial charge on any atom is 0.326 e. The molecule has 1 aromatic rings. The van der Waals surface area contributed by atoms with Crippen molar-refractivity contribution in [2.24, 2.45) is 0 Å². The molecule has 0 heterocycles. The van der Waals surface area contributed by atoms with Crippen molar-refractivity contribution in [3.63, 3.8) is 0 Å². The number of carboxylic acids is 1. The monoisotopic (exact) mass is 356 g/mol. The molecule has 0 radical (unpaired) electrons. The average Bonchev–Trinajstić information content (AvgIpc) is 2.45. The van der Waals surface area contributed by atoms with Gasteiger partial charge in [-0.1, -0.05) is 29.3 Å². The predicted octanol–water partition coefficient (Wildman–Crippen LogP) is 1.55. The Kier molecular flexibility index (Phi) is 6.87. The molecule has 114 valence electrons. The first-order valence-corrected chi connectivity index (χ1v) is 7.29. The molecule has 1 rings (SSSR count). The normalized spacial score (nSPS) is 11.5. The molecule has 0 fully saturated rings. The minimum Gasteiger partial charge on any atom is -0.480 e. The van der Waals surface area contributed by atoms with Gasteiger partial charge in [-0.3, -0.25) is 9.59 Å². The summed E-state index contributed by atoms with van der Waals surface area (Å²) in [5, 5.41) is 13.7. The Hall–Kier alpha value is -1.89. The largest absolute Gasteiger partial charge is 0.480 e. The summed E-state index contributed by atoms with van der Waals surface area (Å²) in [7, 11) is 0. The SMILES string of the molecule is CCCC(NC(=O)CNC(=O)c1ccc(Br)cc1)C(=O)O. The third kappa shape index (κ3) is 5.95. The zero-order chi connectivity index (χ0) is 15.8. The molecule has 0 aliphatic heterocycles. The highest BCUT2D eigenvalue weighted by molar-refractivity contribution is 9.10. The van der Waals surface area contributed by atoms with Crippen LogP contribution in [-0.2, 0) is 9.59 Å². The highest BCUT2D eigenvalue weighted by atomic mass is 79.9. The van der Waals surface area contributed by atoms with Crippen LogP contribution in [0.2, 0.25) is 0 Å². The van der Waals surface area contributed by atoms with Crippen molar-refractivity contribution in [2.75, 3.05) is 6.54 Å². The molecule has 1 unspecified atom stereocenters. The summed E-state index contributed by atoms with van der Waals surface area (Å²) < 4.78 is 0.848. The lowest BCUT2D eigenvalue weighted by atomic mass is 10.1. The molecule has 0 spiro atoms. The summed E-state index contributed by atoms with van der Waals surface area (Å²) in [6.07, 6.45) is 0.990. The molecular formula is C14H17BrN2O4.